The molecule has 0 aliphatic heterocycles. The van der Waals surface area contributed by atoms with Crippen LogP contribution in [0.5, 0.6) is 0 Å². The van der Waals surface area contributed by atoms with Gasteiger partial charge in [0.15, 0.2) is 0 Å². The maximum atomic E-state index is 12.1. The molecular weight excluding hydrogens is 401 g/mol. The number of nitrogens with one attached hydrogen (secondary N) is 1. The second-order valence-electron chi connectivity index (χ2n) is 4.40. The Morgan fingerprint density at radius 2 is 1.71 bits per heavy atom. The second-order valence-corrected chi connectivity index (χ2v) is 7.28. The van der Waals surface area contributed by atoms with Gasteiger partial charge in [0, 0.05) is 11.6 Å². The molecule has 2 aromatic carbocycles. The van der Waals surface area contributed by atoms with E-state index in [9.17, 15) is 18.5 Å². The van der Waals surface area contributed by atoms with Crippen molar-refractivity contribution in [2.75, 3.05) is 0 Å². The molecule has 0 radical (unpaired) electrons. The quantitative estimate of drug-likeness (QED) is 0.461. The molecule has 11 heteroatoms. The van der Waals surface area contributed by atoms with Gasteiger partial charge in [-0.2, -0.15) is 13.5 Å². The number of nitrogens with zero attached hydrogens (tertiary/aromatic N) is 2. The molecule has 0 aromatic heterocycles. The minimum absolute atomic E-state index is 0.0338. The number of hydrogen-bond acceptors (Lipinski definition) is 5. The van der Waals surface area contributed by atoms with Gasteiger partial charge in [0.25, 0.3) is 15.7 Å². The smallest absolute Gasteiger partial charge is 0.258 e. The third-order valence-electron chi connectivity index (χ3n) is 2.75. The molecule has 7 nitrogen and oxygen atoms in total. The Labute approximate surface area is 152 Å². The van der Waals surface area contributed by atoms with E-state index in [2.05, 4.69) is 5.10 Å². The van der Waals surface area contributed by atoms with Gasteiger partial charge in [0.2, 0.25) is 0 Å². The van der Waals surface area contributed by atoms with E-state index in [1.165, 1.54) is 36.4 Å². The van der Waals surface area contributed by atoms with Gasteiger partial charge >= 0.3 is 0 Å². The van der Waals surface area contributed by atoms with Crippen molar-refractivity contribution >= 4 is 56.7 Å². The van der Waals surface area contributed by atoms with Crippen LogP contribution in [0.4, 0.5) is 5.69 Å². The van der Waals surface area contributed by atoms with Crippen molar-refractivity contribution in [3.63, 3.8) is 0 Å². The maximum Gasteiger partial charge on any atom is 0.288 e. The predicted octanol–water partition coefficient (Wildman–Crippen LogP) is 3.87. The molecule has 24 heavy (non-hydrogen) atoms. The Morgan fingerprint density at radius 3 is 2.33 bits per heavy atom. The van der Waals surface area contributed by atoms with Gasteiger partial charge in [-0.05, 0) is 24.3 Å². The number of halogens is 3. The van der Waals surface area contributed by atoms with Gasteiger partial charge in [-0.15, -0.1) is 0 Å². The lowest BCUT2D eigenvalue weighted by Crippen LogP contribution is -2.18. The summed E-state index contributed by atoms with van der Waals surface area (Å²) in [5, 5.41) is 14.6. The van der Waals surface area contributed by atoms with E-state index >= 15 is 0 Å². The largest absolute Gasteiger partial charge is 0.288 e. The summed E-state index contributed by atoms with van der Waals surface area (Å²) in [7, 11) is -3.96. The van der Waals surface area contributed by atoms with Crippen molar-refractivity contribution < 1.29 is 13.3 Å². The summed E-state index contributed by atoms with van der Waals surface area (Å²) in [5.74, 6) is 0. The summed E-state index contributed by atoms with van der Waals surface area (Å²) in [4.78, 5) is 12.0. The van der Waals surface area contributed by atoms with Crippen LogP contribution in [0.3, 0.4) is 0 Å². The molecule has 0 saturated heterocycles. The first-order chi connectivity index (χ1) is 11.2. The van der Waals surface area contributed by atoms with Crippen LogP contribution in [0, 0.1) is 10.1 Å². The topological polar surface area (TPSA) is 102 Å². The molecule has 0 heterocycles. The van der Waals surface area contributed by atoms with Crippen molar-refractivity contribution in [1.29, 1.82) is 0 Å². The van der Waals surface area contributed by atoms with Crippen molar-refractivity contribution in [3.05, 3.63) is 67.1 Å². The van der Waals surface area contributed by atoms with Gasteiger partial charge in [-0.25, -0.2) is 4.83 Å². The normalized spacial score (nSPS) is 11.6. The van der Waals surface area contributed by atoms with Gasteiger partial charge in [0.05, 0.1) is 26.1 Å². The lowest BCUT2D eigenvalue weighted by molar-refractivity contribution is -0.384. The zero-order chi connectivity index (χ0) is 17.9. The van der Waals surface area contributed by atoms with E-state index in [0.29, 0.717) is 5.56 Å². The van der Waals surface area contributed by atoms with Crippen LogP contribution < -0.4 is 4.83 Å². The van der Waals surface area contributed by atoms with Gasteiger partial charge in [0.1, 0.15) is 5.02 Å². The minimum atomic E-state index is -3.96. The highest BCUT2D eigenvalue weighted by atomic mass is 35.5. The molecule has 2 rings (SSSR count). The number of nitro benzene ring substituents is 1. The molecule has 0 saturated carbocycles. The van der Waals surface area contributed by atoms with Crippen LogP contribution in [0.2, 0.25) is 15.1 Å². The van der Waals surface area contributed by atoms with E-state index < -0.39 is 14.9 Å². The third kappa shape index (κ3) is 4.35. The highest BCUT2D eigenvalue weighted by Gasteiger charge is 2.15. The van der Waals surface area contributed by atoms with E-state index in [4.69, 9.17) is 34.8 Å². The summed E-state index contributed by atoms with van der Waals surface area (Å²) in [6.45, 7) is 0. The van der Waals surface area contributed by atoms with Gasteiger partial charge in [-0.1, -0.05) is 40.9 Å². The fraction of sp³-hybridized carbons (Fsp3) is 0. The highest BCUT2D eigenvalue weighted by Crippen LogP contribution is 2.25. The molecule has 1 N–H and O–H groups in total. The van der Waals surface area contributed by atoms with Crippen molar-refractivity contribution in [1.82, 2.24) is 4.83 Å². The SMILES string of the molecule is O=[N+]([O-])c1cc(/C=N/NS(=O)(=O)c2ccc(Cl)c(Cl)c2)ccc1Cl. The first kappa shape index (κ1) is 18.5. The van der Waals surface area contributed by atoms with Crippen LogP contribution >= 0.6 is 34.8 Å². The monoisotopic (exact) mass is 407 g/mol. The Bertz CT molecular complexity index is 932. The fourth-order valence-electron chi connectivity index (χ4n) is 1.62. The molecule has 0 amide bonds. The zero-order valence-corrected chi connectivity index (χ0v) is 14.7. The molecule has 0 fully saturated rings. The van der Waals surface area contributed by atoms with Crippen LogP contribution in [-0.2, 0) is 10.0 Å². The molecule has 0 bridgehead atoms. The predicted molar refractivity (Wildman–Crippen MR) is 92.5 cm³/mol. The first-order valence-electron chi connectivity index (χ1n) is 6.14. The van der Waals surface area contributed by atoms with Crippen molar-refractivity contribution in [2.24, 2.45) is 5.10 Å². The van der Waals surface area contributed by atoms with E-state index in [0.717, 1.165) is 6.21 Å². The molecule has 0 spiro atoms. The summed E-state index contributed by atoms with van der Waals surface area (Å²) in [6.07, 6.45) is 1.11. The summed E-state index contributed by atoms with van der Waals surface area (Å²) >= 11 is 17.2. The number of hydrogen-bond donors (Lipinski definition) is 1. The Balaban J connectivity index is 2.20. The van der Waals surface area contributed by atoms with Crippen LogP contribution in [0.15, 0.2) is 46.4 Å². The van der Waals surface area contributed by atoms with Crippen molar-refractivity contribution in [3.8, 4) is 0 Å². The average Bonchev–Trinajstić information content (AvgIpc) is 2.51. The molecule has 0 unspecified atom stereocenters. The number of benzene rings is 2. The zero-order valence-electron chi connectivity index (χ0n) is 11.6. The van der Waals surface area contributed by atoms with Crippen LogP contribution in [0.25, 0.3) is 0 Å². The number of rotatable bonds is 5. The van der Waals surface area contributed by atoms with E-state index in [-0.39, 0.29) is 25.7 Å². The second kappa shape index (κ2) is 7.35. The Kier molecular flexibility index (Phi) is 5.66. The molecular formula is C13H8Cl3N3O4S. The summed E-state index contributed by atoms with van der Waals surface area (Å²) in [5.41, 5.74) is -0.0177. The number of hydrazone groups is 1. The molecule has 126 valence electrons. The van der Waals surface area contributed by atoms with Gasteiger partial charge in [-0.3, -0.25) is 10.1 Å². The van der Waals surface area contributed by atoms with Crippen LogP contribution in [-0.4, -0.2) is 19.6 Å². The fourth-order valence-corrected chi connectivity index (χ4v) is 2.98. The molecule has 0 aliphatic rings. The Morgan fingerprint density at radius 1 is 1.04 bits per heavy atom. The van der Waals surface area contributed by atoms with Crippen molar-refractivity contribution in [2.45, 2.75) is 4.90 Å². The molecule has 0 atom stereocenters. The van der Waals surface area contributed by atoms with E-state index in [1.54, 1.807) is 0 Å². The van der Waals surface area contributed by atoms with Gasteiger partial charge < -0.3 is 0 Å². The standard InChI is InChI=1S/C13H8Cl3N3O4S/c14-10-4-2-9(6-12(10)16)24(22,23)18-17-7-8-1-3-11(15)13(5-8)19(20)21/h1-7,18H/b17-7+. The minimum Gasteiger partial charge on any atom is -0.258 e. The maximum absolute atomic E-state index is 12.1. The molecule has 2 aromatic rings. The van der Waals surface area contributed by atoms with Crippen LogP contribution in [0.1, 0.15) is 5.56 Å². The highest BCUT2D eigenvalue weighted by molar-refractivity contribution is 7.89. The number of nitro groups is 1. The summed E-state index contributed by atoms with van der Waals surface area (Å²) < 4.78 is 24.1. The Hall–Kier alpha value is -1.87. The molecule has 0 aliphatic carbocycles. The third-order valence-corrected chi connectivity index (χ3v) is 5.03. The summed E-state index contributed by atoms with van der Waals surface area (Å²) in [6, 6.07) is 7.71. The lowest BCUT2D eigenvalue weighted by Gasteiger charge is -2.04. The average molecular weight is 409 g/mol. The van der Waals surface area contributed by atoms with E-state index in [1.807, 2.05) is 4.83 Å². The first-order valence-corrected chi connectivity index (χ1v) is 8.76. The lowest BCUT2D eigenvalue weighted by atomic mass is 10.2. The number of sulfonamides is 1.